The van der Waals surface area contributed by atoms with Crippen LogP contribution in [-0.2, 0) is 21.2 Å². The highest BCUT2D eigenvalue weighted by Crippen LogP contribution is 2.68. The van der Waals surface area contributed by atoms with Gasteiger partial charge in [-0.15, -0.1) is 0 Å². The number of anilines is 1. The molecule has 2 aliphatic heterocycles. The van der Waals surface area contributed by atoms with Crippen molar-refractivity contribution in [3.63, 3.8) is 0 Å². The van der Waals surface area contributed by atoms with Crippen molar-refractivity contribution < 1.29 is 18.9 Å². The van der Waals surface area contributed by atoms with Crippen molar-refractivity contribution in [3.05, 3.63) is 124 Å². The third-order valence-corrected chi connectivity index (χ3v) is 16.9. The zero-order valence-electron chi connectivity index (χ0n) is 37.7. The highest BCUT2D eigenvalue weighted by atomic mass is 16.5. The van der Waals surface area contributed by atoms with Crippen molar-refractivity contribution in [1.82, 2.24) is 0 Å². The van der Waals surface area contributed by atoms with E-state index in [4.69, 9.17) is 18.9 Å². The van der Waals surface area contributed by atoms with Crippen LogP contribution in [0.3, 0.4) is 0 Å². The lowest BCUT2D eigenvalue weighted by molar-refractivity contribution is -0.00503. The summed E-state index contributed by atoms with van der Waals surface area (Å²) in [6.07, 6.45) is 16.5. The summed E-state index contributed by atoms with van der Waals surface area (Å²) in [5, 5.41) is 2.60. The highest BCUT2D eigenvalue weighted by molar-refractivity contribution is 6.10. The molecule has 0 unspecified atom stereocenters. The Kier molecular flexibility index (Phi) is 8.55. The molecule has 6 fully saturated rings. The number of benzene rings is 5. The topological polar surface area (TPSA) is 40.2 Å². The lowest BCUT2D eigenvalue weighted by Crippen LogP contribution is -2.49. The van der Waals surface area contributed by atoms with E-state index in [1.54, 1.807) is 19.8 Å². The van der Waals surface area contributed by atoms with Gasteiger partial charge in [-0.05, 0) is 167 Å². The summed E-state index contributed by atoms with van der Waals surface area (Å²) in [6, 6.07) is 31.9. The second-order valence-corrected chi connectivity index (χ2v) is 22.3. The van der Waals surface area contributed by atoms with Gasteiger partial charge in [-0.25, -0.2) is 0 Å². The Morgan fingerprint density at radius 2 is 1.23 bits per heavy atom. The molecule has 6 aliphatic carbocycles. The van der Waals surface area contributed by atoms with Gasteiger partial charge < -0.3 is 23.8 Å². The molecule has 62 heavy (non-hydrogen) atoms. The molecule has 0 aromatic heterocycles. The smallest absolute Gasteiger partial charge is 0.178 e. The van der Waals surface area contributed by atoms with E-state index in [0.717, 1.165) is 85.3 Å². The maximum Gasteiger partial charge on any atom is 0.178 e. The second-order valence-electron chi connectivity index (χ2n) is 22.3. The first kappa shape index (κ1) is 38.9. The van der Waals surface area contributed by atoms with Gasteiger partial charge in [0.05, 0.1) is 27.4 Å². The van der Waals surface area contributed by atoms with Crippen LogP contribution < -0.4 is 19.1 Å². The largest absolute Gasteiger partial charge is 0.497 e. The number of hydrogen-bond donors (Lipinski definition) is 0. The molecule has 0 N–H and O–H groups in total. The Labute approximate surface area is 368 Å². The van der Waals surface area contributed by atoms with Gasteiger partial charge in [0.1, 0.15) is 17.2 Å². The maximum absolute atomic E-state index is 8.07. The van der Waals surface area contributed by atoms with Gasteiger partial charge in [0.15, 0.2) is 5.60 Å². The molecule has 5 saturated carbocycles. The fourth-order valence-electron chi connectivity index (χ4n) is 15.8. The van der Waals surface area contributed by atoms with E-state index >= 15 is 0 Å². The van der Waals surface area contributed by atoms with Crippen LogP contribution in [0, 0.1) is 28.6 Å². The Morgan fingerprint density at radius 1 is 0.645 bits per heavy atom. The Hall–Kier alpha value is -4.74. The fourth-order valence-corrected chi connectivity index (χ4v) is 15.8. The van der Waals surface area contributed by atoms with Gasteiger partial charge in [0.25, 0.3) is 0 Å². The molecular weight excluding hydrogens is 763 g/mol. The molecule has 13 rings (SSSR count). The standard InChI is InChI=1S/C57H63NO4/c1-53(2)33-54(3,4)35-56(34-53)47-10-8-7-9-43(47)50-45-29-49(58-21-23-61-24-22-58)48(55-30-36-25-37(31-55)27-38(26-36)32-55)28-46(45)52-44(51(50)56)19-20-57(62-52,39-11-15-41(59-5)16-12-39)40-13-17-42(60-6)18-14-40/h7-20,28-29,36-38H,21-27,30-35H2,1-6H3. The van der Waals surface area contributed by atoms with Crippen molar-refractivity contribution in [2.45, 2.75) is 102 Å². The summed E-state index contributed by atoms with van der Waals surface area (Å²) >= 11 is 0. The molecule has 2 heterocycles. The molecule has 1 saturated heterocycles. The molecule has 8 aliphatic rings. The van der Waals surface area contributed by atoms with Gasteiger partial charge in [-0.3, -0.25) is 0 Å². The molecule has 5 nitrogen and oxygen atoms in total. The van der Waals surface area contributed by atoms with Gasteiger partial charge >= 0.3 is 0 Å². The number of morpholine rings is 1. The number of hydrogen-bond acceptors (Lipinski definition) is 5. The minimum atomic E-state index is -0.889. The van der Waals surface area contributed by atoms with Crippen molar-refractivity contribution in [1.29, 1.82) is 0 Å². The van der Waals surface area contributed by atoms with Gasteiger partial charge in [0, 0.05) is 46.3 Å². The highest BCUT2D eigenvalue weighted by Gasteiger charge is 2.57. The van der Waals surface area contributed by atoms with Crippen LogP contribution in [-0.4, -0.2) is 40.5 Å². The minimum Gasteiger partial charge on any atom is -0.497 e. The number of nitrogens with zero attached hydrogens (tertiary/aromatic N) is 1. The van der Waals surface area contributed by atoms with E-state index in [9.17, 15) is 0 Å². The van der Waals surface area contributed by atoms with E-state index in [0.29, 0.717) is 0 Å². The van der Waals surface area contributed by atoms with E-state index in [1.807, 2.05) is 0 Å². The molecule has 0 amide bonds. The first-order valence-electron chi connectivity index (χ1n) is 23.7. The molecule has 320 valence electrons. The Bertz CT molecular complexity index is 2530. The fraction of sp³-hybridized carbons (Fsp3) is 0.474. The van der Waals surface area contributed by atoms with Crippen molar-refractivity contribution in [2.75, 3.05) is 45.4 Å². The molecule has 4 bridgehead atoms. The summed E-state index contributed by atoms with van der Waals surface area (Å²) in [6.45, 7) is 13.5. The van der Waals surface area contributed by atoms with E-state index in [1.165, 1.54) is 89.2 Å². The van der Waals surface area contributed by atoms with Crippen LogP contribution in [0.25, 0.3) is 28.0 Å². The first-order valence-corrected chi connectivity index (χ1v) is 23.7. The number of methoxy groups -OCH3 is 2. The molecule has 5 aromatic carbocycles. The third kappa shape index (κ3) is 5.75. The Morgan fingerprint density at radius 3 is 1.81 bits per heavy atom. The molecule has 1 spiro atoms. The summed E-state index contributed by atoms with van der Waals surface area (Å²) < 4.78 is 25.5. The average molecular weight is 826 g/mol. The number of ether oxygens (including phenoxy) is 4. The molecular formula is C57H63NO4. The normalized spacial score (nSPS) is 27.7. The van der Waals surface area contributed by atoms with E-state index < -0.39 is 5.60 Å². The number of fused-ring (bicyclic) bond motifs is 10. The molecule has 5 heteroatoms. The third-order valence-electron chi connectivity index (χ3n) is 16.9. The zero-order valence-corrected chi connectivity index (χ0v) is 37.7. The lowest BCUT2D eigenvalue weighted by Gasteiger charge is -2.58. The van der Waals surface area contributed by atoms with Crippen LogP contribution >= 0.6 is 0 Å². The Balaban J connectivity index is 1.19. The monoisotopic (exact) mass is 825 g/mol. The maximum atomic E-state index is 8.07. The summed E-state index contributed by atoms with van der Waals surface area (Å²) in [5.74, 6) is 5.21. The van der Waals surface area contributed by atoms with Crippen molar-refractivity contribution >= 4 is 22.5 Å². The van der Waals surface area contributed by atoms with Crippen LogP contribution in [0.15, 0.2) is 91.0 Å². The second kappa shape index (κ2) is 13.6. The quantitative estimate of drug-likeness (QED) is 0.171. The summed E-state index contributed by atoms with van der Waals surface area (Å²) in [7, 11) is 3.48. The van der Waals surface area contributed by atoms with E-state index in [2.05, 4.69) is 130 Å². The molecule has 0 atom stereocenters. The lowest BCUT2D eigenvalue weighted by atomic mass is 9.47. The summed E-state index contributed by atoms with van der Waals surface area (Å²) in [4.78, 5) is 2.70. The van der Waals surface area contributed by atoms with E-state index in [-0.39, 0.29) is 21.7 Å². The van der Waals surface area contributed by atoms with Crippen LogP contribution in [0.4, 0.5) is 5.69 Å². The summed E-state index contributed by atoms with van der Waals surface area (Å²) in [5.41, 5.74) is 11.7. The van der Waals surface area contributed by atoms with Gasteiger partial charge in [0.2, 0.25) is 0 Å². The van der Waals surface area contributed by atoms with Crippen molar-refractivity contribution in [3.8, 4) is 28.4 Å². The molecule has 5 aromatic rings. The van der Waals surface area contributed by atoms with Gasteiger partial charge in [-0.2, -0.15) is 0 Å². The van der Waals surface area contributed by atoms with Crippen LogP contribution in [0.1, 0.15) is 119 Å². The van der Waals surface area contributed by atoms with Crippen molar-refractivity contribution in [2.24, 2.45) is 28.6 Å². The zero-order chi connectivity index (χ0) is 42.2. The predicted octanol–water partition coefficient (Wildman–Crippen LogP) is 13.0. The average Bonchev–Trinajstić information content (AvgIpc) is 3.52. The number of rotatable bonds is 6. The van der Waals surface area contributed by atoms with Gasteiger partial charge in [-0.1, -0.05) is 82.3 Å². The molecule has 0 radical (unpaired) electrons. The first-order chi connectivity index (χ1) is 29.9. The predicted molar refractivity (Wildman–Crippen MR) is 251 cm³/mol. The van der Waals surface area contributed by atoms with Crippen LogP contribution in [0.2, 0.25) is 0 Å². The van der Waals surface area contributed by atoms with Crippen LogP contribution in [0.5, 0.6) is 17.2 Å². The SMILES string of the molecule is COc1ccc(C2(c3ccc(OC)cc3)C=Cc3c4c(c5cc(N6CCOCC6)c(C67CC8CC(CC(C8)C6)C7)cc5c3O2)-c2ccccc2C42CC(C)(C)CC(C)(C)C2)cc1. The minimum absolute atomic E-state index is 0.148.